The van der Waals surface area contributed by atoms with Gasteiger partial charge in [-0.1, -0.05) is 11.6 Å². The van der Waals surface area contributed by atoms with Crippen LogP contribution in [0.3, 0.4) is 0 Å². The molecule has 4 N–H and O–H groups in total. The molecule has 1 aliphatic carbocycles. The Balaban J connectivity index is 1.31. The number of halogens is 1. The summed E-state index contributed by atoms with van der Waals surface area (Å²) < 4.78 is 6.78. The van der Waals surface area contributed by atoms with Crippen molar-refractivity contribution in [3.05, 3.63) is 44.3 Å². The minimum Gasteiger partial charge on any atom is -0.376 e. The molecule has 11 nitrogen and oxygen atoms in total. The van der Waals surface area contributed by atoms with Gasteiger partial charge in [-0.2, -0.15) is 0 Å². The molecule has 2 saturated heterocycles. The minimum atomic E-state index is -0.639. The number of H-pyrrole nitrogens is 1. The number of hydrogen-bond acceptors (Lipinski definition) is 9. The van der Waals surface area contributed by atoms with E-state index in [-0.39, 0.29) is 39.4 Å². The fourth-order valence-corrected chi connectivity index (χ4v) is 5.38. The zero-order chi connectivity index (χ0) is 24.3. The van der Waals surface area contributed by atoms with Crippen LogP contribution in [-0.4, -0.2) is 62.4 Å². The molecule has 6 rings (SSSR count). The molecule has 5 heterocycles. The maximum Gasteiger partial charge on any atom is 0.334 e. The highest BCUT2D eigenvalue weighted by molar-refractivity contribution is 6.34. The number of nitrogens with one attached hydrogen (secondary N) is 2. The second kappa shape index (κ2) is 8.28. The van der Waals surface area contributed by atoms with Gasteiger partial charge >= 0.3 is 5.69 Å². The van der Waals surface area contributed by atoms with Gasteiger partial charge in [0.1, 0.15) is 16.7 Å². The predicted octanol–water partition coefficient (Wildman–Crippen LogP) is 1.42. The van der Waals surface area contributed by atoms with E-state index in [0.717, 1.165) is 43.3 Å². The second-order valence-corrected chi connectivity index (χ2v) is 10.2. The number of fused-ring (bicyclic) bond motifs is 1. The normalized spacial score (nSPS) is 23.8. The Kier molecular flexibility index (Phi) is 5.31. The van der Waals surface area contributed by atoms with E-state index < -0.39 is 11.2 Å². The van der Waals surface area contributed by atoms with E-state index in [1.807, 2.05) is 6.92 Å². The van der Waals surface area contributed by atoms with E-state index >= 15 is 0 Å². The molecule has 1 spiro atoms. The number of pyridine rings is 1. The molecule has 3 fully saturated rings. The van der Waals surface area contributed by atoms with Gasteiger partial charge in [-0.25, -0.2) is 24.3 Å². The molecule has 0 aromatic carbocycles. The Labute approximate surface area is 205 Å². The largest absolute Gasteiger partial charge is 0.376 e. The number of aromatic nitrogens is 5. The summed E-state index contributed by atoms with van der Waals surface area (Å²) in [6.07, 6.45) is 6.99. The first-order valence-electron chi connectivity index (χ1n) is 11.9. The van der Waals surface area contributed by atoms with Gasteiger partial charge in [0.15, 0.2) is 11.2 Å². The van der Waals surface area contributed by atoms with Crippen LogP contribution >= 0.6 is 11.6 Å². The molecule has 2 aliphatic heterocycles. The minimum absolute atomic E-state index is 0.0146. The van der Waals surface area contributed by atoms with Crippen molar-refractivity contribution in [3.8, 4) is 5.69 Å². The van der Waals surface area contributed by atoms with Crippen molar-refractivity contribution in [3.63, 3.8) is 0 Å². The van der Waals surface area contributed by atoms with Gasteiger partial charge < -0.3 is 20.7 Å². The molecule has 0 amide bonds. The van der Waals surface area contributed by atoms with Gasteiger partial charge in [0.05, 0.1) is 24.6 Å². The van der Waals surface area contributed by atoms with Crippen molar-refractivity contribution >= 4 is 34.4 Å². The van der Waals surface area contributed by atoms with E-state index in [4.69, 9.17) is 22.1 Å². The highest BCUT2D eigenvalue weighted by Gasteiger charge is 2.47. The van der Waals surface area contributed by atoms with E-state index in [1.165, 1.54) is 12.3 Å². The van der Waals surface area contributed by atoms with Crippen LogP contribution in [0.25, 0.3) is 16.9 Å². The summed E-state index contributed by atoms with van der Waals surface area (Å²) >= 11 is 6.51. The number of nitrogens with zero attached hydrogens (tertiary/aromatic N) is 5. The van der Waals surface area contributed by atoms with Crippen molar-refractivity contribution in [1.29, 1.82) is 0 Å². The third-order valence-electron chi connectivity index (χ3n) is 7.55. The molecule has 1 saturated carbocycles. The quantitative estimate of drug-likeness (QED) is 0.486. The maximum atomic E-state index is 13.3. The van der Waals surface area contributed by atoms with Crippen LogP contribution in [0.5, 0.6) is 0 Å². The average molecular weight is 499 g/mol. The molecule has 0 bridgehead atoms. The molecule has 184 valence electrons. The van der Waals surface area contributed by atoms with E-state index in [2.05, 4.69) is 30.2 Å². The maximum absolute atomic E-state index is 13.3. The molecule has 0 unspecified atom stereocenters. The lowest BCUT2D eigenvalue weighted by Crippen LogP contribution is -2.50. The van der Waals surface area contributed by atoms with Crippen molar-refractivity contribution < 1.29 is 4.74 Å². The van der Waals surface area contributed by atoms with Crippen LogP contribution in [0.15, 0.2) is 28.0 Å². The van der Waals surface area contributed by atoms with E-state index in [0.29, 0.717) is 24.3 Å². The van der Waals surface area contributed by atoms with Gasteiger partial charge in [-0.15, -0.1) is 0 Å². The smallest absolute Gasteiger partial charge is 0.334 e. The lowest BCUT2D eigenvalue weighted by atomic mass is 9.73. The lowest BCUT2D eigenvalue weighted by molar-refractivity contribution is 0.0974. The summed E-state index contributed by atoms with van der Waals surface area (Å²) in [5, 5.41) is 3.43. The third kappa shape index (κ3) is 3.78. The first-order chi connectivity index (χ1) is 16.9. The summed E-state index contributed by atoms with van der Waals surface area (Å²) in [6, 6.07) is 1.87. The monoisotopic (exact) mass is 498 g/mol. The number of piperidine rings is 1. The van der Waals surface area contributed by atoms with E-state index in [9.17, 15) is 9.59 Å². The average Bonchev–Trinajstić information content (AvgIpc) is 3.64. The van der Waals surface area contributed by atoms with Crippen molar-refractivity contribution in [2.75, 3.05) is 29.9 Å². The summed E-state index contributed by atoms with van der Waals surface area (Å²) in [4.78, 5) is 44.2. The zero-order valence-electron chi connectivity index (χ0n) is 19.3. The number of hydrogen-bond donors (Lipinski definition) is 3. The van der Waals surface area contributed by atoms with Crippen molar-refractivity contribution in [2.24, 2.45) is 11.1 Å². The number of ether oxygens (including phenoxy) is 1. The van der Waals surface area contributed by atoms with Crippen LogP contribution in [0.4, 0.5) is 11.6 Å². The molecule has 3 aromatic rings. The molecule has 3 aromatic heterocycles. The second-order valence-electron chi connectivity index (χ2n) is 9.80. The summed E-state index contributed by atoms with van der Waals surface area (Å²) in [5.41, 5.74) is 5.63. The highest BCUT2D eigenvalue weighted by Crippen LogP contribution is 2.41. The van der Waals surface area contributed by atoms with Gasteiger partial charge in [-0.3, -0.25) is 9.78 Å². The molecule has 3 aliphatic rings. The van der Waals surface area contributed by atoms with Crippen LogP contribution in [0, 0.1) is 5.41 Å². The third-order valence-corrected chi connectivity index (χ3v) is 7.92. The summed E-state index contributed by atoms with van der Waals surface area (Å²) in [6.45, 7) is 4.19. The predicted molar refractivity (Wildman–Crippen MR) is 132 cm³/mol. The Morgan fingerprint density at radius 1 is 1.26 bits per heavy atom. The van der Waals surface area contributed by atoms with Gasteiger partial charge in [0, 0.05) is 36.8 Å². The Bertz CT molecular complexity index is 1410. The molecule has 35 heavy (non-hydrogen) atoms. The Hall–Kier alpha value is -3.02. The highest BCUT2D eigenvalue weighted by atomic mass is 35.5. The van der Waals surface area contributed by atoms with Crippen LogP contribution in [0.1, 0.15) is 32.6 Å². The fourth-order valence-electron chi connectivity index (χ4n) is 5.13. The van der Waals surface area contributed by atoms with Crippen LogP contribution in [0.2, 0.25) is 5.02 Å². The summed E-state index contributed by atoms with van der Waals surface area (Å²) in [5.74, 6) is 1.06. The molecule has 12 heteroatoms. The topological polar surface area (TPSA) is 144 Å². The van der Waals surface area contributed by atoms with Gasteiger partial charge in [0.2, 0.25) is 0 Å². The Morgan fingerprint density at radius 3 is 2.71 bits per heavy atom. The van der Waals surface area contributed by atoms with Crippen molar-refractivity contribution in [2.45, 2.75) is 50.8 Å². The fraction of sp³-hybridized carbons (Fsp3) is 0.522. The van der Waals surface area contributed by atoms with E-state index in [1.54, 1.807) is 6.20 Å². The SMILES string of the molecule is C[C@@H]1OCC2(CCN(c3cnc4c(=O)n(-c5ccnc(NC6CC6)c5Cl)c(=O)[nH]c4n3)CC2)[C@@H]1N. The molecule has 2 atom stereocenters. The standard InChI is InChI=1S/C23H27ClN8O3/c1-12-18(25)23(11-35-12)5-8-31(9-6-23)15-10-27-17-20(29-15)30-22(34)32(21(17)33)14-4-7-26-19(16(14)24)28-13-2-3-13/h4,7,10,12-13,18H,2-3,5-6,8-9,11,25H2,1H3,(H,26,28)(H,29,30,34)/t12-,18+/m0/s1. The number of anilines is 2. The van der Waals surface area contributed by atoms with Gasteiger partial charge in [-0.05, 0) is 38.7 Å². The molecular formula is C23H27ClN8O3. The number of rotatable bonds is 4. The Morgan fingerprint density at radius 2 is 2.03 bits per heavy atom. The number of aromatic amines is 1. The molecule has 0 radical (unpaired) electrons. The van der Waals surface area contributed by atoms with Crippen LogP contribution < -0.4 is 27.2 Å². The first kappa shape index (κ1) is 22.4. The number of nitrogens with two attached hydrogens (primary N) is 1. The first-order valence-corrected chi connectivity index (χ1v) is 12.3. The van der Waals surface area contributed by atoms with Gasteiger partial charge in [0.25, 0.3) is 5.56 Å². The van der Waals surface area contributed by atoms with Crippen LogP contribution in [-0.2, 0) is 4.74 Å². The lowest BCUT2D eigenvalue weighted by Gasteiger charge is -2.41. The van der Waals surface area contributed by atoms with Crippen molar-refractivity contribution in [1.82, 2.24) is 24.5 Å². The summed E-state index contributed by atoms with van der Waals surface area (Å²) in [7, 11) is 0. The zero-order valence-corrected chi connectivity index (χ0v) is 20.1. The molecular weight excluding hydrogens is 472 g/mol.